The summed E-state index contributed by atoms with van der Waals surface area (Å²) >= 11 is 0. The van der Waals surface area contributed by atoms with E-state index in [1.807, 2.05) is 55.5 Å². The third-order valence-electron chi connectivity index (χ3n) is 5.88. The van der Waals surface area contributed by atoms with E-state index in [0.717, 1.165) is 30.2 Å². The van der Waals surface area contributed by atoms with Crippen LogP contribution < -0.4 is 9.47 Å². The molecule has 0 spiro atoms. The second kappa shape index (κ2) is 7.76. The molecule has 2 aliphatic heterocycles. The fraction of sp³-hybridized carbons (Fsp3) is 0.455. The van der Waals surface area contributed by atoms with E-state index in [4.69, 9.17) is 9.47 Å². The summed E-state index contributed by atoms with van der Waals surface area (Å²) in [5.41, 5.74) is 2.34. The highest BCUT2D eigenvalue weighted by molar-refractivity contribution is 7.92. The number of hydrogen-bond acceptors (Lipinski definition) is 5. The van der Waals surface area contributed by atoms with Crippen LogP contribution in [0.4, 0.5) is 0 Å². The molecular formula is C22H27NO4S. The number of ether oxygens (including phenoxy) is 2. The van der Waals surface area contributed by atoms with Crippen LogP contribution in [-0.2, 0) is 16.4 Å². The molecule has 4 rings (SSSR count). The third-order valence-corrected chi connectivity index (χ3v) is 8.11. The molecule has 2 aromatic carbocycles. The van der Waals surface area contributed by atoms with Crippen LogP contribution in [0, 0.1) is 12.8 Å². The Bertz CT molecular complexity index is 909. The minimum absolute atomic E-state index is 0.0123. The van der Waals surface area contributed by atoms with Crippen LogP contribution in [0.15, 0.2) is 48.5 Å². The van der Waals surface area contributed by atoms with Gasteiger partial charge in [-0.2, -0.15) is 0 Å². The summed E-state index contributed by atoms with van der Waals surface area (Å²) in [7, 11) is -1.42. The van der Waals surface area contributed by atoms with Gasteiger partial charge in [-0.25, -0.2) is 8.42 Å². The average molecular weight is 402 g/mol. The first-order valence-corrected chi connectivity index (χ1v) is 11.5. The lowest BCUT2D eigenvalue weighted by molar-refractivity contribution is 0.126. The Labute approximate surface area is 167 Å². The van der Waals surface area contributed by atoms with Crippen LogP contribution in [0.1, 0.15) is 17.5 Å². The number of aryl methyl sites for hydroxylation is 1. The van der Waals surface area contributed by atoms with Crippen molar-refractivity contribution in [3.63, 3.8) is 0 Å². The smallest absolute Gasteiger partial charge is 0.155 e. The van der Waals surface area contributed by atoms with Gasteiger partial charge in [0.25, 0.3) is 0 Å². The van der Waals surface area contributed by atoms with Gasteiger partial charge in [0, 0.05) is 25.6 Å². The molecule has 2 aliphatic rings. The largest absolute Gasteiger partial charge is 0.497 e. The second-order valence-corrected chi connectivity index (χ2v) is 10.2. The van der Waals surface area contributed by atoms with Crippen molar-refractivity contribution < 1.29 is 17.9 Å². The number of fused-ring (bicyclic) bond motifs is 1. The summed E-state index contributed by atoms with van der Waals surface area (Å²) < 4.78 is 36.8. The molecule has 2 fully saturated rings. The van der Waals surface area contributed by atoms with E-state index in [0.29, 0.717) is 13.0 Å². The molecule has 0 unspecified atom stereocenters. The number of hydrogen-bond donors (Lipinski definition) is 0. The molecule has 0 saturated carbocycles. The minimum Gasteiger partial charge on any atom is -0.497 e. The van der Waals surface area contributed by atoms with Gasteiger partial charge in [0.15, 0.2) is 9.84 Å². The molecule has 0 aromatic heterocycles. The standard InChI is InChI=1S/C22H27NO4S/c1-16-3-7-19(8-4-16)27-21-11-12-28(24,25)22-15-23(14-20(21)22)13-17-5-9-18(26-2)10-6-17/h3-10,20-22H,11-15H2,1-2H3/t20-,21-,22-/m1/s1. The molecule has 0 aliphatic carbocycles. The first-order valence-electron chi connectivity index (χ1n) is 9.75. The molecule has 2 heterocycles. The minimum atomic E-state index is -3.07. The van der Waals surface area contributed by atoms with Gasteiger partial charge in [-0.3, -0.25) is 4.90 Å². The number of benzene rings is 2. The second-order valence-electron chi connectivity index (χ2n) is 7.87. The number of sulfone groups is 1. The van der Waals surface area contributed by atoms with Crippen LogP contribution in [0.2, 0.25) is 0 Å². The lowest BCUT2D eigenvalue weighted by Crippen LogP contribution is -2.46. The molecule has 150 valence electrons. The van der Waals surface area contributed by atoms with Gasteiger partial charge < -0.3 is 9.47 Å². The van der Waals surface area contributed by atoms with Crippen LogP contribution in [0.5, 0.6) is 11.5 Å². The zero-order valence-electron chi connectivity index (χ0n) is 16.4. The van der Waals surface area contributed by atoms with Crippen LogP contribution >= 0.6 is 0 Å². The molecular weight excluding hydrogens is 374 g/mol. The lowest BCUT2D eigenvalue weighted by Gasteiger charge is -2.33. The molecule has 6 heteroatoms. The Morgan fingerprint density at radius 3 is 2.36 bits per heavy atom. The maximum absolute atomic E-state index is 12.7. The van der Waals surface area contributed by atoms with Crippen LogP contribution in [0.3, 0.4) is 0 Å². The Kier molecular flexibility index (Phi) is 5.34. The van der Waals surface area contributed by atoms with E-state index in [1.54, 1.807) is 7.11 Å². The fourth-order valence-electron chi connectivity index (χ4n) is 4.32. The van der Waals surface area contributed by atoms with Crippen molar-refractivity contribution in [3.8, 4) is 11.5 Å². The third kappa shape index (κ3) is 4.03. The highest BCUT2D eigenvalue weighted by atomic mass is 32.2. The maximum atomic E-state index is 12.7. The predicted molar refractivity (Wildman–Crippen MR) is 110 cm³/mol. The van der Waals surface area contributed by atoms with Crippen molar-refractivity contribution in [3.05, 3.63) is 59.7 Å². The molecule has 0 radical (unpaired) electrons. The zero-order chi connectivity index (χ0) is 19.7. The summed E-state index contributed by atoms with van der Waals surface area (Å²) in [5.74, 6) is 1.87. The molecule has 28 heavy (non-hydrogen) atoms. The first kappa shape index (κ1) is 19.3. The number of likely N-dealkylation sites (tertiary alicyclic amines) is 1. The maximum Gasteiger partial charge on any atom is 0.155 e. The summed E-state index contributed by atoms with van der Waals surface area (Å²) in [6.45, 7) is 4.10. The van der Waals surface area contributed by atoms with Crippen LogP contribution in [0.25, 0.3) is 0 Å². The van der Waals surface area contributed by atoms with E-state index in [-0.39, 0.29) is 23.0 Å². The van der Waals surface area contributed by atoms with Gasteiger partial charge in [0.1, 0.15) is 17.6 Å². The summed E-state index contributed by atoms with van der Waals surface area (Å²) in [5, 5.41) is -0.338. The quantitative estimate of drug-likeness (QED) is 0.771. The summed E-state index contributed by atoms with van der Waals surface area (Å²) in [4.78, 5) is 2.24. The normalized spacial score (nSPS) is 26.6. The number of rotatable bonds is 5. The van der Waals surface area contributed by atoms with Crippen molar-refractivity contribution in [1.29, 1.82) is 0 Å². The Balaban J connectivity index is 1.48. The molecule has 5 nitrogen and oxygen atoms in total. The van der Waals surface area contributed by atoms with E-state index in [9.17, 15) is 8.42 Å². The van der Waals surface area contributed by atoms with Gasteiger partial charge in [0.2, 0.25) is 0 Å². The Morgan fingerprint density at radius 1 is 1.00 bits per heavy atom. The lowest BCUT2D eigenvalue weighted by atomic mass is 9.98. The molecule has 0 bridgehead atoms. The predicted octanol–water partition coefficient (Wildman–Crippen LogP) is 3.07. The number of nitrogens with zero attached hydrogens (tertiary/aromatic N) is 1. The van der Waals surface area contributed by atoms with Gasteiger partial charge >= 0.3 is 0 Å². The van der Waals surface area contributed by atoms with Gasteiger partial charge in [-0.05, 0) is 43.2 Å². The fourth-order valence-corrected chi connectivity index (χ4v) is 6.41. The SMILES string of the molecule is COc1ccc(CN2C[C@H]3[C@@H](C2)S(=O)(=O)CC[C@H]3Oc2ccc(C)cc2)cc1. The molecule has 0 amide bonds. The van der Waals surface area contributed by atoms with Crippen molar-refractivity contribution >= 4 is 9.84 Å². The van der Waals surface area contributed by atoms with Crippen LogP contribution in [-0.4, -0.2) is 50.6 Å². The highest BCUT2D eigenvalue weighted by Gasteiger charge is 2.49. The van der Waals surface area contributed by atoms with Gasteiger partial charge in [-0.1, -0.05) is 29.8 Å². The van der Waals surface area contributed by atoms with Crippen molar-refractivity contribution in [2.45, 2.75) is 31.2 Å². The topological polar surface area (TPSA) is 55.8 Å². The van der Waals surface area contributed by atoms with E-state index in [1.165, 1.54) is 5.56 Å². The summed E-state index contributed by atoms with van der Waals surface area (Å²) in [6, 6.07) is 15.9. The average Bonchev–Trinajstić information content (AvgIpc) is 3.12. The Hall–Kier alpha value is -2.05. The zero-order valence-corrected chi connectivity index (χ0v) is 17.2. The molecule has 2 aromatic rings. The highest BCUT2D eigenvalue weighted by Crippen LogP contribution is 2.36. The number of methoxy groups -OCH3 is 1. The van der Waals surface area contributed by atoms with E-state index in [2.05, 4.69) is 4.90 Å². The van der Waals surface area contributed by atoms with E-state index < -0.39 is 9.84 Å². The van der Waals surface area contributed by atoms with Crippen molar-refractivity contribution in [1.82, 2.24) is 4.90 Å². The Morgan fingerprint density at radius 2 is 1.68 bits per heavy atom. The monoisotopic (exact) mass is 401 g/mol. The summed E-state index contributed by atoms with van der Waals surface area (Å²) in [6.07, 6.45) is 0.505. The molecule has 2 saturated heterocycles. The van der Waals surface area contributed by atoms with Gasteiger partial charge in [-0.15, -0.1) is 0 Å². The molecule has 3 atom stereocenters. The molecule has 0 N–H and O–H groups in total. The van der Waals surface area contributed by atoms with E-state index >= 15 is 0 Å². The van der Waals surface area contributed by atoms with Crippen molar-refractivity contribution in [2.24, 2.45) is 5.92 Å². The first-order chi connectivity index (χ1) is 13.4. The van der Waals surface area contributed by atoms with Crippen molar-refractivity contribution in [2.75, 3.05) is 26.0 Å². The van der Waals surface area contributed by atoms with Gasteiger partial charge in [0.05, 0.1) is 18.1 Å².